The van der Waals surface area contributed by atoms with Crippen LogP contribution in [-0.4, -0.2) is 24.5 Å². The molecular formula is C34H47FN2. The summed E-state index contributed by atoms with van der Waals surface area (Å²) in [7, 11) is 0. The number of nitrogens with two attached hydrogens (primary N) is 1. The Hall–Kier alpha value is -2.65. The SMILES string of the molecule is CC1=CCC(F)=CC=C1.CCCc1cc(N)ccc1C(C)Cc1ccc(CCCN2CCCCC2)cc1. The maximum Gasteiger partial charge on any atom is 0.104 e. The van der Waals surface area contributed by atoms with E-state index in [9.17, 15) is 4.39 Å². The number of rotatable bonds is 9. The van der Waals surface area contributed by atoms with Gasteiger partial charge in [-0.3, -0.25) is 0 Å². The molecule has 37 heavy (non-hydrogen) atoms. The number of nitrogen functional groups attached to an aromatic ring is 1. The van der Waals surface area contributed by atoms with Gasteiger partial charge >= 0.3 is 0 Å². The average Bonchev–Trinajstić information content (AvgIpc) is 3.09. The van der Waals surface area contributed by atoms with Gasteiger partial charge in [-0.1, -0.05) is 80.8 Å². The highest BCUT2D eigenvalue weighted by Gasteiger charge is 2.12. The second-order valence-electron chi connectivity index (χ2n) is 10.8. The summed E-state index contributed by atoms with van der Waals surface area (Å²) >= 11 is 0. The molecule has 0 amide bonds. The molecule has 4 rings (SSSR count). The van der Waals surface area contributed by atoms with E-state index in [4.69, 9.17) is 5.73 Å². The Morgan fingerprint density at radius 2 is 1.70 bits per heavy atom. The topological polar surface area (TPSA) is 29.3 Å². The van der Waals surface area contributed by atoms with Crippen LogP contribution in [0.4, 0.5) is 10.1 Å². The van der Waals surface area contributed by atoms with Crippen LogP contribution >= 0.6 is 0 Å². The van der Waals surface area contributed by atoms with Gasteiger partial charge in [0.05, 0.1) is 0 Å². The van der Waals surface area contributed by atoms with Crippen molar-refractivity contribution in [3.8, 4) is 0 Å². The molecule has 0 aromatic heterocycles. The van der Waals surface area contributed by atoms with Crippen LogP contribution in [0.25, 0.3) is 0 Å². The van der Waals surface area contributed by atoms with Crippen LogP contribution in [0.1, 0.15) is 87.5 Å². The summed E-state index contributed by atoms with van der Waals surface area (Å²) in [5, 5.41) is 0. The summed E-state index contributed by atoms with van der Waals surface area (Å²) in [6.07, 6.45) is 17.5. The number of likely N-dealkylation sites (tertiary alicyclic amines) is 1. The van der Waals surface area contributed by atoms with Crippen LogP contribution in [0.5, 0.6) is 0 Å². The monoisotopic (exact) mass is 502 g/mol. The Bertz CT molecular complexity index is 1040. The zero-order valence-corrected chi connectivity index (χ0v) is 23.3. The fourth-order valence-electron chi connectivity index (χ4n) is 5.29. The first kappa shape index (κ1) is 28.9. The Labute approximate surface area is 225 Å². The first-order valence-electron chi connectivity index (χ1n) is 14.3. The van der Waals surface area contributed by atoms with Gasteiger partial charge < -0.3 is 10.6 Å². The van der Waals surface area contributed by atoms with Crippen LogP contribution in [0, 0.1) is 0 Å². The lowest BCUT2D eigenvalue weighted by molar-refractivity contribution is 0.226. The smallest absolute Gasteiger partial charge is 0.104 e. The van der Waals surface area contributed by atoms with Gasteiger partial charge in [0, 0.05) is 12.1 Å². The Morgan fingerprint density at radius 3 is 2.43 bits per heavy atom. The molecule has 3 heteroatoms. The van der Waals surface area contributed by atoms with Crippen molar-refractivity contribution >= 4 is 5.69 Å². The predicted molar refractivity (Wildman–Crippen MR) is 159 cm³/mol. The maximum atomic E-state index is 12.4. The molecule has 0 saturated carbocycles. The Kier molecular flexibility index (Phi) is 12.2. The van der Waals surface area contributed by atoms with Gasteiger partial charge in [-0.15, -0.1) is 0 Å². The third-order valence-electron chi connectivity index (χ3n) is 7.43. The molecule has 0 bridgehead atoms. The molecule has 2 nitrogen and oxygen atoms in total. The lowest BCUT2D eigenvalue weighted by Gasteiger charge is -2.26. The third-order valence-corrected chi connectivity index (χ3v) is 7.43. The van der Waals surface area contributed by atoms with Gasteiger partial charge in [-0.25, -0.2) is 4.39 Å². The highest BCUT2D eigenvalue weighted by Crippen LogP contribution is 2.27. The van der Waals surface area contributed by atoms with Gasteiger partial charge in [0.1, 0.15) is 5.83 Å². The summed E-state index contributed by atoms with van der Waals surface area (Å²) in [6.45, 7) is 10.4. The predicted octanol–water partition coefficient (Wildman–Crippen LogP) is 8.73. The number of allylic oxidation sites excluding steroid dienone is 6. The van der Waals surface area contributed by atoms with Gasteiger partial charge in [-0.05, 0) is 111 Å². The summed E-state index contributed by atoms with van der Waals surface area (Å²) < 4.78 is 12.4. The molecular weight excluding hydrogens is 455 g/mol. The minimum absolute atomic E-state index is 0.0666. The van der Waals surface area contributed by atoms with Gasteiger partial charge in [-0.2, -0.15) is 0 Å². The van der Waals surface area contributed by atoms with E-state index in [1.165, 1.54) is 80.1 Å². The lowest BCUT2D eigenvalue weighted by atomic mass is 9.88. The second-order valence-corrected chi connectivity index (χ2v) is 10.8. The third kappa shape index (κ3) is 10.3. The summed E-state index contributed by atoms with van der Waals surface area (Å²) in [6, 6.07) is 15.8. The van der Waals surface area contributed by atoms with E-state index in [1.807, 2.05) is 19.1 Å². The van der Waals surface area contributed by atoms with Gasteiger partial charge in [0.15, 0.2) is 0 Å². The standard InChI is InChI=1S/C26H38N2.C8H9F/c1-3-8-24-20-25(27)14-15-26(24)21(2)19-23-12-10-22(11-13-23)9-7-18-28-16-5-4-6-17-28;1-7-3-2-4-8(9)6-5-7/h10-15,20-21H,3-9,16-19,27H2,1-2H3;2-5H,6H2,1H3. The first-order valence-corrected chi connectivity index (χ1v) is 14.3. The van der Waals surface area contributed by atoms with E-state index in [-0.39, 0.29) is 5.83 Å². The number of benzene rings is 2. The number of hydrogen-bond acceptors (Lipinski definition) is 2. The summed E-state index contributed by atoms with van der Waals surface area (Å²) in [5.41, 5.74) is 13.8. The molecule has 1 heterocycles. The van der Waals surface area contributed by atoms with Crippen LogP contribution in [0.2, 0.25) is 0 Å². The van der Waals surface area contributed by atoms with E-state index in [1.54, 1.807) is 6.08 Å². The Balaban J connectivity index is 0.000000356. The molecule has 0 spiro atoms. The molecule has 1 saturated heterocycles. The van der Waals surface area contributed by atoms with Crippen LogP contribution < -0.4 is 5.73 Å². The number of hydrogen-bond donors (Lipinski definition) is 1. The Morgan fingerprint density at radius 1 is 0.973 bits per heavy atom. The van der Waals surface area contributed by atoms with Crippen molar-refractivity contribution in [1.29, 1.82) is 0 Å². The van der Waals surface area contributed by atoms with Crippen molar-refractivity contribution in [1.82, 2.24) is 4.90 Å². The number of nitrogens with zero attached hydrogens (tertiary/aromatic N) is 1. The van der Waals surface area contributed by atoms with E-state index in [0.29, 0.717) is 12.3 Å². The van der Waals surface area contributed by atoms with Crippen molar-refractivity contribution in [2.24, 2.45) is 0 Å². The molecule has 2 N–H and O–H groups in total. The lowest BCUT2D eigenvalue weighted by Crippen LogP contribution is -2.30. The molecule has 0 radical (unpaired) electrons. The zero-order valence-electron chi connectivity index (χ0n) is 23.3. The largest absolute Gasteiger partial charge is 0.399 e. The number of piperidine rings is 1. The fourth-order valence-corrected chi connectivity index (χ4v) is 5.29. The van der Waals surface area contributed by atoms with E-state index in [0.717, 1.165) is 30.5 Å². The van der Waals surface area contributed by atoms with Crippen molar-refractivity contribution in [3.63, 3.8) is 0 Å². The number of aryl methyl sites for hydroxylation is 2. The first-order chi connectivity index (χ1) is 17.9. The molecule has 200 valence electrons. The number of anilines is 1. The normalized spacial score (nSPS) is 16.8. The fraction of sp³-hybridized carbons (Fsp3) is 0.471. The van der Waals surface area contributed by atoms with Gasteiger partial charge in [0.25, 0.3) is 0 Å². The molecule has 1 unspecified atom stereocenters. The molecule has 1 aliphatic carbocycles. The quantitative estimate of drug-likeness (QED) is 0.347. The van der Waals surface area contributed by atoms with E-state index < -0.39 is 0 Å². The molecule has 2 aliphatic rings. The summed E-state index contributed by atoms with van der Waals surface area (Å²) in [5.74, 6) is 0.454. The minimum atomic E-state index is -0.0666. The zero-order chi connectivity index (χ0) is 26.5. The van der Waals surface area contributed by atoms with Crippen molar-refractivity contribution in [2.75, 3.05) is 25.4 Å². The molecule has 1 fully saturated rings. The van der Waals surface area contributed by atoms with Crippen molar-refractivity contribution in [3.05, 3.63) is 100 Å². The molecule has 1 atom stereocenters. The summed E-state index contributed by atoms with van der Waals surface area (Å²) in [4.78, 5) is 2.64. The molecule has 1 aliphatic heterocycles. The molecule has 2 aromatic carbocycles. The molecule has 2 aromatic rings. The number of halogens is 1. The van der Waals surface area contributed by atoms with Crippen LogP contribution in [0.15, 0.2) is 78.2 Å². The van der Waals surface area contributed by atoms with Crippen molar-refractivity contribution in [2.45, 2.75) is 84.5 Å². The highest BCUT2D eigenvalue weighted by molar-refractivity contribution is 5.46. The van der Waals surface area contributed by atoms with Gasteiger partial charge in [0.2, 0.25) is 0 Å². The maximum absolute atomic E-state index is 12.4. The van der Waals surface area contributed by atoms with E-state index >= 15 is 0 Å². The average molecular weight is 503 g/mol. The van der Waals surface area contributed by atoms with Crippen LogP contribution in [-0.2, 0) is 19.3 Å². The highest BCUT2D eigenvalue weighted by atomic mass is 19.1. The van der Waals surface area contributed by atoms with E-state index in [2.05, 4.69) is 61.2 Å². The minimum Gasteiger partial charge on any atom is -0.399 e. The van der Waals surface area contributed by atoms with Crippen molar-refractivity contribution < 1.29 is 4.39 Å². The van der Waals surface area contributed by atoms with Crippen LogP contribution in [0.3, 0.4) is 0 Å². The second kappa shape index (κ2) is 15.6.